The molecule has 0 aliphatic heterocycles. The maximum atomic E-state index is 5.61. The van der Waals surface area contributed by atoms with Crippen LogP contribution in [0.3, 0.4) is 0 Å². The third-order valence-corrected chi connectivity index (χ3v) is 4.90. The monoisotopic (exact) mass is 249 g/mol. The molecule has 0 amide bonds. The maximum Gasteiger partial charge on any atom is 0.0178 e. The van der Waals surface area contributed by atoms with Crippen molar-refractivity contribution in [3.8, 4) is 0 Å². The Morgan fingerprint density at radius 3 is 2.59 bits per heavy atom. The molecule has 0 unspecified atom stereocenters. The maximum absolute atomic E-state index is 5.61. The predicted molar refractivity (Wildman–Crippen MR) is 76.2 cm³/mol. The van der Waals surface area contributed by atoms with Gasteiger partial charge in [0.05, 0.1) is 0 Å². The second-order valence-electron chi connectivity index (χ2n) is 5.85. The molecular formula is C15H23NS. The molecule has 1 aliphatic carbocycles. The molecule has 0 aromatic heterocycles. The van der Waals surface area contributed by atoms with Crippen LogP contribution in [0.2, 0.25) is 0 Å². The van der Waals surface area contributed by atoms with Gasteiger partial charge in [-0.25, -0.2) is 0 Å². The first-order chi connectivity index (χ1) is 8.09. The summed E-state index contributed by atoms with van der Waals surface area (Å²) in [5, 5.41) is 0.794. The highest BCUT2D eigenvalue weighted by atomic mass is 32.2. The SMILES string of the molecule is CC1(C)CCC[C@@H](Sc2ccc(CN)cc2)C1. The number of hydrogen-bond donors (Lipinski definition) is 1. The summed E-state index contributed by atoms with van der Waals surface area (Å²) in [7, 11) is 0. The largest absolute Gasteiger partial charge is 0.326 e. The molecule has 17 heavy (non-hydrogen) atoms. The fraction of sp³-hybridized carbons (Fsp3) is 0.600. The van der Waals surface area contributed by atoms with Gasteiger partial charge < -0.3 is 5.73 Å². The molecule has 1 atom stereocenters. The molecule has 0 radical (unpaired) electrons. The minimum atomic E-state index is 0.535. The number of benzene rings is 1. The van der Waals surface area contributed by atoms with Gasteiger partial charge in [-0.1, -0.05) is 32.4 Å². The van der Waals surface area contributed by atoms with E-state index in [1.807, 2.05) is 11.8 Å². The Kier molecular flexibility index (Phi) is 4.16. The van der Waals surface area contributed by atoms with E-state index in [1.165, 1.54) is 36.1 Å². The van der Waals surface area contributed by atoms with Crippen molar-refractivity contribution in [2.75, 3.05) is 0 Å². The molecule has 2 N–H and O–H groups in total. The number of hydrogen-bond acceptors (Lipinski definition) is 2. The van der Waals surface area contributed by atoms with Gasteiger partial charge in [0.1, 0.15) is 0 Å². The zero-order valence-corrected chi connectivity index (χ0v) is 11.7. The second-order valence-corrected chi connectivity index (χ2v) is 7.22. The highest BCUT2D eigenvalue weighted by molar-refractivity contribution is 8.00. The van der Waals surface area contributed by atoms with Crippen LogP contribution in [0.1, 0.15) is 45.1 Å². The van der Waals surface area contributed by atoms with Crippen molar-refractivity contribution < 1.29 is 0 Å². The third kappa shape index (κ3) is 3.75. The Bertz CT molecular complexity index is 356. The van der Waals surface area contributed by atoms with Crippen molar-refractivity contribution in [3.05, 3.63) is 29.8 Å². The molecule has 1 saturated carbocycles. The molecule has 1 aliphatic rings. The van der Waals surface area contributed by atoms with Crippen molar-refractivity contribution in [2.24, 2.45) is 11.1 Å². The smallest absolute Gasteiger partial charge is 0.0178 e. The molecule has 2 heteroatoms. The zero-order valence-electron chi connectivity index (χ0n) is 10.9. The Balaban J connectivity index is 1.95. The molecule has 0 saturated heterocycles. The zero-order chi connectivity index (χ0) is 12.3. The van der Waals surface area contributed by atoms with Gasteiger partial charge in [-0.3, -0.25) is 0 Å². The lowest BCUT2D eigenvalue weighted by Gasteiger charge is -2.34. The lowest BCUT2D eigenvalue weighted by molar-refractivity contribution is 0.251. The average molecular weight is 249 g/mol. The molecule has 1 aromatic rings. The van der Waals surface area contributed by atoms with E-state index in [9.17, 15) is 0 Å². The highest BCUT2D eigenvalue weighted by Crippen LogP contribution is 2.42. The van der Waals surface area contributed by atoms with Crippen LogP contribution in [0.5, 0.6) is 0 Å². The van der Waals surface area contributed by atoms with Gasteiger partial charge in [-0.2, -0.15) is 0 Å². The van der Waals surface area contributed by atoms with Crippen LogP contribution in [0.15, 0.2) is 29.2 Å². The topological polar surface area (TPSA) is 26.0 Å². The summed E-state index contributed by atoms with van der Waals surface area (Å²) < 4.78 is 0. The molecule has 1 aromatic carbocycles. The summed E-state index contributed by atoms with van der Waals surface area (Å²) in [6, 6.07) is 8.73. The van der Waals surface area contributed by atoms with E-state index in [2.05, 4.69) is 38.1 Å². The molecular weight excluding hydrogens is 226 g/mol. The van der Waals surface area contributed by atoms with Crippen molar-refractivity contribution >= 4 is 11.8 Å². The Morgan fingerprint density at radius 2 is 2.00 bits per heavy atom. The van der Waals surface area contributed by atoms with Crippen LogP contribution in [0.25, 0.3) is 0 Å². The molecule has 0 bridgehead atoms. The first kappa shape index (κ1) is 13.0. The summed E-state index contributed by atoms with van der Waals surface area (Å²) in [6.45, 7) is 5.44. The van der Waals surface area contributed by atoms with Gasteiger partial charge in [0, 0.05) is 16.7 Å². The minimum absolute atomic E-state index is 0.535. The second kappa shape index (κ2) is 5.45. The average Bonchev–Trinajstić information content (AvgIpc) is 2.29. The fourth-order valence-electron chi connectivity index (χ4n) is 2.63. The van der Waals surface area contributed by atoms with Gasteiger partial charge in [0.15, 0.2) is 0 Å². The quantitative estimate of drug-likeness (QED) is 0.868. The summed E-state index contributed by atoms with van der Waals surface area (Å²) in [6.07, 6.45) is 5.48. The summed E-state index contributed by atoms with van der Waals surface area (Å²) in [5.74, 6) is 0. The molecule has 94 valence electrons. The van der Waals surface area contributed by atoms with Gasteiger partial charge in [0.2, 0.25) is 0 Å². The summed E-state index contributed by atoms with van der Waals surface area (Å²) in [4.78, 5) is 1.39. The van der Waals surface area contributed by atoms with Crippen LogP contribution in [-0.2, 0) is 6.54 Å². The van der Waals surface area contributed by atoms with Gasteiger partial charge in [-0.05, 0) is 42.4 Å². The molecule has 1 fully saturated rings. The highest BCUT2D eigenvalue weighted by Gasteiger charge is 2.28. The molecule has 2 rings (SSSR count). The standard InChI is InChI=1S/C15H23NS/c1-15(2)9-3-4-14(10-15)17-13-7-5-12(11-16)6-8-13/h5-8,14H,3-4,9-11,16H2,1-2H3/t14-/m1/s1. The van der Waals surface area contributed by atoms with E-state index in [0.29, 0.717) is 12.0 Å². The van der Waals surface area contributed by atoms with E-state index in [0.717, 1.165) is 5.25 Å². The first-order valence-corrected chi connectivity index (χ1v) is 7.43. The minimum Gasteiger partial charge on any atom is -0.326 e. The summed E-state index contributed by atoms with van der Waals surface area (Å²) >= 11 is 2.05. The number of nitrogens with two attached hydrogens (primary N) is 1. The normalized spacial score (nSPS) is 23.6. The van der Waals surface area contributed by atoms with Crippen LogP contribution < -0.4 is 5.73 Å². The van der Waals surface area contributed by atoms with Crippen LogP contribution in [0.4, 0.5) is 0 Å². The Morgan fingerprint density at radius 1 is 1.29 bits per heavy atom. The number of rotatable bonds is 3. The van der Waals surface area contributed by atoms with Gasteiger partial charge in [0.25, 0.3) is 0 Å². The summed E-state index contributed by atoms with van der Waals surface area (Å²) in [5.41, 5.74) is 7.37. The van der Waals surface area contributed by atoms with Crippen molar-refractivity contribution in [3.63, 3.8) is 0 Å². The van der Waals surface area contributed by atoms with E-state index in [4.69, 9.17) is 5.73 Å². The molecule has 1 nitrogen and oxygen atoms in total. The van der Waals surface area contributed by atoms with E-state index in [-0.39, 0.29) is 0 Å². The number of thioether (sulfide) groups is 1. The van der Waals surface area contributed by atoms with Crippen molar-refractivity contribution in [1.29, 1.82) is 0 Å². The van der Waals surface area contributed by atoms with Gasteiger partial charge >= 0.3 is 0 Å². The Labute approximate surface area is 109 Å². The van der Waals surface area contributed by atoms with Crippen molar-refractivity contribution in [1.82, 2.24) is 0 Å². The predicted octanol–water partition coefficient (Wildman–Crippen LogP) is 4.21. The molecule has 0 spiro atoms. The lowest BCUT2D eigenvalue weighted by atomic mass is 9.77. The van der Waals surface area contributed by atoms with Crippen molar-refractivity contribution in [2.45, 2.75) is 56.2 Å². The van der Waals surface area contributed by atoms with E-state index < -0.39 is 0 Å². The van der Waals surface area contributed by atoms with Gasteiger partial charge in [-0.15, -0.1) is 11.8 Å². The van der Waals surface area contributed by atoms with Crippen LogP contribution in [-0.4, -0.2) is 5.25 Å². The van der Waals surface area contributed by atoms with Crippen LogP contribution >= 0.6 is 11.8 Å². The van der Waals surface area contributed by atoms with Crippen LogP contribution in [0, 0.1) is 5.41 Å². The fourth-order valence-corrected chi connectivity index (χ4v) is 4.12. The third-order valence-electron chi connectivity index (χ3n) is 3.62. The lowest BCUT2D eigenvalue weighted by Crippen LogP contribution is -2.24. The van der Waals surface area contributed by atoms with E-state index in [1.54, 1.807) is 0 Å². The first-order valence-electron chi connectivity index (χ1n) is 6.55. The Hall–Kier alpha value is -0.470. The molecule has 0 heterocycles. The van der Waals surface area contributed by atoms with E-state index >= 15 is 0 Å².